The molecule has 1 heterocycles. The van der Waals surface area contributed by atoms with E-state index in [-0.39, 0.29) is 37.1 Å². The molecular formula is C21H24ClNO3. The number of rotatable bonds is 4. The number of aliphatic hydroxyl groups excluding tert-OH is 1. The fourth-order valence-corrected chi connectivity index (χ4v) is 4.20. The van der Waals surface area contributed by atoms with Crippen molar-refractivity contribution in [1.29, 1.82) is 0 Å². The first-order chi connectivity index (χ1) is 12.3. The van der Waals surface area contributed by atoms with Gasteiger partial charge in [0.2, 0.25) is 0 Å². The molecule has 1 atom stereocenters. The summed E-state index contributed by atoms with van der Waals surface area (Å²) in [5, 5.41) is 9.17. The summed E-state index contributed by atoms with van der Waals surface area (Å²) in [7, 11) is 0. The van der Waals surface area contributed by atoms with Gasteiger partial charge in [-0.2, -0.15) is 0 Å². The quantitative estimate of drug-likeness (QED) is 0.873. The summed E-state index contributed by atoms with van der Waals surface area (Å²) in [6.07, 6.45) is 2.31. The van der Waals surface area contributed by atoms with Crippen LogP contribution in [0.3, 0.4) is 0 Å². The Morgan fingerprint density at radius 3 is 2.31 bits per heavy atom. The summed E-state index contributed by atoms with van der Waals surface area (Å²) >= 11 is 0. The zero-order valence-electron chi connectivity index (χ0n) is 14.6. The van der Waals surface area contributed by atoms with Crippen LogP contribution < -0.4 is 0 Å². The fourth-order valence-electron chi connectivity index (χ4n) is 4.20. The van der Waals surface area contributed by atoms with Crippen molar-refractivity contribution >= 4 is 18.5 Å². The van der Waals surface area contributed by atoms with Gasteiger partial charge in [-0.25, -0.2) is 4.79 Å². The molecule has 0 saturated carbocycles. The van der Waals surface area contributed by atoms with Gasteiger partial charge in [-0.3, -0.25) is 0 Å². The number of aliphatic hydroxyl groups is 1. The number of carbonyl (C=O) groups is 1. The van der Waals surface area contributed by atoms with E-state index in [4.69, 9.17) is 9.84 Å². The average Bonchev–Trinajstić information content (AvgIpc) is 3.23. The van der Waals surface area contributed by atoms with E-state index < -0.39 is 0 Å². The van der Waals surface area contributed by atoms with Crippen molar-refractivity contribution in [1.82, 2.24) is 4.90 Å². The summed E-state index contributed by atoms with van der Waals surface area (Å²) in [5.41, 5.74) is 4.92. The largest absolute Gasteiger partial charge is 0.448 e. The van der Waals surface area contributed by atoms with E-state index in [0.717, 1.165) is 19.4 Å². The molecule has 1 N–H and O–H groups in total. The molecule has 5 heteroatoms. The van der Waals surface area contributed by atoms with Crippen LogP contribution in [-0.4, -0.2) is 41.9 Å². The fraction of sp³-hybridized carbons (Fsp3) is 0.381. The summed E-state index contributed by atoms with van der Waals surface area (Å²) in [4.78, 5) is 14.3. The number of carbonyl (C=O) groups excluding carboxylic acids is 1. The van der Waals surface area contributed by atoms with Crippen LogP contribution in [0.2, 0.25) is 0 Å². The van der Waals surface area contributed by atoms with Gasteiger partial charge in [-0.05, 0) is 41.5 Å². The Labute approximate surface area is 160 Å². The maximum Gasteiger partial charge on any atom is 0.410 e. The van der Waals surface area contributed by atoms with Gasteiger partial charge in [0.05, 0.1) is 0 Å². The molecule has 2 aliphatic rings. The highest BCUT2D eigenvalue weighted by molar-refractivity contribution is 5.85. The lowest BCUT2D eigenvalue weighted by Crippen LogP contribution is -2.37. The molecule has 0 radical (unpaired) electrons. The highest BCUT2D eigenvalue weighted by Gasteiger charge is 2.32. The van der Waals surface area contributed by atoms with Crippen LogP contribution in [0, 0.1) is 0 Å². The topological polar surface area (TPSA) is 49.8 Å². The van der Waals surface area contributed by atoms with Crippen LogP contribution in [0.15, 0.2) is 48.5 Å². The van der Waals surface area contributed by atoms with E-state index >= 15 is 0 Å². The third-order valence-electron chi connectivity index (χ3n) is 5.41. The number of nitrogens with zero attached hydrogens (tertiary/aromatic N) is 1. The summed E-state index contributed by atoms with van der Waals surface area (Å²) < 4.78 is 5.71. The second-order valence-corrected chi connectivity index (χ2v) is 6.81. The minimum atomic E-state index is -0.252. The molecule has 0 aromatic heterocycles. The van der Waals surface area contributed by atoms with Crippen LogP contribution in [-0.2, 0) is 4.74 Å². The van der Waals surface area contributed by atoms with E-state index in [1.807, 2.05) is 24.3 Å². The monoisotopic (exact) mass is 373 g/mol. The molecule has 26 heavy (non-hydrogen) atoms. The Bertz CT molecular complexity index is 734. The first-order valence-electron chi connectivity index (χ1n) is 9.02. The number of benzene rings is 2. The van der Waals surface area contributed by atoms with Gasteiger partial charge in [0.1, 0.15) is 6.61 Å². The van der Waals surface area contributed by atoms with Crippen LogP contribution >= 0.6 is 12.4 Å². The van der Waals surface area contributed by atoms with Gasteiger partial charge in [-0.15, -0.1) is 12.4 Å². The molecule has 1 saturated heterocycles. The second kappa shape index (κ2) is 8.11. The van der Waals surface area contributed by atoms with Crippen molar-refractivity contribution in [3.05, 3.63) is 59.7 Å². The zero-order valence-corrected chi connectivity index (χ0v) is 15.5. The lowest BCUT2D eigenvalue weighted by Gasteiger charge is -2.24. The van der Waals surface area contributed by atoms with Gasteiger partial charge in [-0.1, -0.05) is 48.5 Å². The Balaban J connectivity index is 0.00000196. The standard InChI is InChI=1S/C21H23NO3.ClH/c23-13-11-15-6-5-12-22(15)21(24)25-14-20-18-9-3-1-7-16(18)17-8-2-4-10-19(17)20;/h1-4,7-10,15,20,23H,5-6,11-14H2;1H/t15-;/m1./s1. The average molecular weight is 374 g/mol. The lowest BCUT2D eigenvalue weighted by atomic mass is 9.98. The predicted octanol–water partition coefficient (Wildman–Crippen LogP) is 4.20. The number of halogens is 1. The third-order valence-corrected chi connectivity index (χ3v) is 5.41. The van der Waals surface area contributed by atoms with Crippen molar-refractivity contribution in [2.75, 3.05) is 19.8 Å². The maximum atomic E-state index is 12.5. The number of fused-ring (bicyclic) bond motifs is 3. The van der Waals surface area contributed by atoms with E-state index in [1.165, 1.54) is 22.3 Å². The highest BCUT2D eigenvalue weighted by Crippen LogP contribution is 2.44. The molecule has 2 aromatic carbocycles. The van der Waals surface area contributed by atoms with Crippen LogP contribution in [0.25, 0.3) is 11.1 Å². The van der Waals surface area contributed by atoms with Gasteiger partial charge in [0, 0.05) is 25.1 Å². The molecule has 138 valence electrons. The molecule has 0 spiro atoms. The van der Waals surface area contributed by atoms with Gasteiger partial charge in [0.15, 0.2) is 0 Å². The van der Waals surface area contributed by atoms with Crippen LogP contribution in [0.4, 0.5) is 4.79 Å². The molecule has 0 unspecified atom stereocenters. The Kier molecular flexibility index (Phi) is 5.84. The zero-order chi connectivity index (χ0) is 17.2. The van der Waals surface area contributed by atoms with Gasteiger partial charge >= 0.3 is 6.09 Å². The summed E-state index contributed by atoms with van der Waals surface area (Å²) in [6.45, 7) is 1.19. The van der Waals surface area contributed by atoms with E-state index in [9.17, 15) is 4.79 Å². The Morgan fingerprint density at radius 2 is 1.69 bits per heavy atom. The maximum absolute atomic E-state index is 12.5. The molecule has 2 aromatic rings. The highest BCUT2D eigenvalue weighted by atomic mass is 35.5. The molecule has 4 rings (SSSR count). The summed E-state index contributed by atoms with van der Waals surface area (Å²) in [5.74, 6) is 0.0928. The number of hydrogen-bond donors (Lipinski definition) is 1. The molecule has 1 amide bonds. The molecule has 1 aliphatic carbocycles. The third kappa shape index (κ3) is 3.31. The molecule has 4 nitrogen and oxygen atoms in total. The summed E-state index contributed by atoms with van der Waals surface area (Å²) in [6, 6.07) is 16.8. The minimum absolute atomic E-state index is 0. The number of likely N-dealkylation sites (tertiary alicyclic amines) is 1. The Morgan fingerprint density at radius 1 is 1.08 bits per heavy atom. The normalized spacial score (nSPS) is 18.2. The van der Waals surface area contributed by atoms with Crippen molar-refractivity contribution in [3.63, 3.8) is 0 Å². The first-order valence-corrected chi connectivity index (χ1v) is 9.02. The van der Waals surface area contributed by atoms with E-state index in [0.29, 0.717) is 13.0 Å². The molecule has 1 aliphatic heterocycles. The Hall–Kier alpha value is -2.04. The van der Waals surface area contributed by atoms with Gasteiger partial charge < -0.3 is 14.7 Å². The number of amides is 1. The van der Waals surface area contributed by atoms with Crippen LogP contribution in [0.5, 0.6) is 0 Å². The van der Waals surface area contributed by atoms with E-state index in [2.05, 4.69) is 24.3 Å². The van der Waals surface area contributed by atoms with Crippen LogP contribution in [0.1, 0.15) is 36.3 Å². The SMILES string of the molecule is Cl.O=C(OCC1c2ccccc2-c2ccccc21)N1CCC[C@@H]1CCO. The van der Waals surface area contributed by atoms with Gasteiger partial charge in [0.25, 0.3) is 0 Å². The van der Waals surface area contributed by atoms with Crippen molar-refractivity contribution < 1.29 is 14.6 Å². The molecule has 0 bridgehead atoms. The molecule has 1 fully saturated rings. The second-order valence-electron chi connectivity index (χ2n) is 6.81. The minimum Gasteiger partial charge on any atom is -0.448 e. The smallest absolute Gasteiger partial charge is 0.410 e. The van der Waals surface area contributed by atoms with Crippen molar-refractivity contribution in [3.8, 4) is 11.1 Å². The number of hydrogen-bond acceptors (Lipinski definition) is 3. The van der Waals surface area contributed by atoms with E-state index in [1.54, 1.807) is 4.90 Å². The molecular weight excluding hydrogens is 350 g/mol. The van der Waals surface area contributed by atoms with Crippen molar-refractivity contribution in [2.24, 2.45) is 0 Å². The van der Waals surface area contributed by atoms with Crippen molar-refractivity contribution in [2.45, 2.75) is 31.2 Å². The predicted molar refractivity (Wildman–Crippen MR) is 104 cm³/mol. The lowest BCUT2D eigenvalue weighted by molar-refractivity contribution is 0.0908. The first kappa shape index (κ1) is 18.7. The number of ether oxygens (including phenoxy) is 1.